The minimum Gasteiger partial charge on any atom is -0.486 e. The molecule has 0 radical (unpaired) electrons. The third-order valence-corrected chi connectivity index (χ3v) is 3.92. The first-order valence-electron chi connectivity index (χ1n) is 7.02. The monoisotopic (exact) mass is 307 g/mol. The lowest BCUT2D eigenvalue weighted by atomic mass is 10.3. The van der Waals surface area contributed by atoms with Crippen molar-refractivity contribution in [2.45, 2.75) is 26.5 Å². The lowest BCUT2D eigenvalue weighted by Gasteiger charge is -2.06. The van der Waals surface area contributed by atoms with Crippen molar-refractivity contribution in [3.63, 3.8) is 0 Å². The predicted molar refractivity (Wildman–Crippen MR) is 83.6 cm³/mol. The van der Waals surface area contributed by atoms with Crippen molar-refractivity contribution in [1.82, 2.24) is 15.3 Å². The number of hydrogen-bond acceptors (Lipinski definition) is 6. The van der Waals surface area contributed by atoms with Gasteiger partial charge in [0.25, 0.3) is 0 Å². The predicted octanol–water partition coefficient (Wildman–Crippen LogP) is 2.42. The summed E-state index contributed by atoms with van der Waals surface area (Å²) in [4.78, 5) is 8.83. The molecule has 1 N–H and O–H groups in total. The Morgan fingerprint density at radius 2 is 2.19 bits per heavy atom. The second kappa shape index (κ2) is 8.71. The number of nitrogens with one attached hydrogen (secondary N) is 1. The van der Waals surface area contributed by atoms with Gasteiger partial charge in [0.15, 0.2) is 0 Å². The number of thiazole rings is 1. The lowest BCUT2D eigenvalue weighted by Crippen LogP contribution is -2.19. The van der Waals surface area contributed by atoms with E-state index < -0.39 is 0 Å². The first-order valence-corrected chi connectivity index (χ1v) is 7.90. The van der Waals surface area contributed by atoms with Gasteiger partial charge in [-0.25, -0.2) is 4.98 Å². The molecule has 0 aliphatic heterocycles. The number of aromatic nitrogens is 2. The third-order valence-electron chi connectivity index (χ3n) is 2.88. The van der Waals surface area contributed by atoms with Gasteiger partial charge in [0.2, 0.25) is 0 Å². The Kier molecular flexibility index (Phi) is 6.59. The first kappa shape index (κ1) is 15.9. The van der Waals surface area contributed by atoms with Crippen LogP contribution in [0.3, 0.4) is 0 Å². The number of aryl methyl sites for hydroxylation is 1. The van der Waals surface area contributed by atoms with Crippen LogP contribution in [0, 0.1) is 0 Å². The zero-order chi connectivity index (χ0) is 14.9. The summed E-state index contributed by atoms with van der Waals surface area (Å²) in [5.41, 5.74) is 1.96. The molecule has 0 aliphatic carbocycles. The molecule has 21 heavy (non-hydrogen) atoms. The molecule has 0 saturated carbocycles. The van der Waals surface area contributed by atoms with Crippen LogP contribution in [-0.4, -0.2) is 30.2 Å². The zero-order valence-electron chi connectivity index (χ0n) is 12.5. The highest BCUT2D eigenvalue weighted by Crippen LogP contribution is 2.14. The average Bonchev–Trinajstić information content (AvgIpc) is 2.99. The van der Waals surface area contributed by atoms with Crippen LogP contribution < -0.4 is 10.1 Å². The molecule has 2 aromatic rings. The minimum absolute atomic E-state index is 0.490. The average molecular weight is 307 g/mol. The van der Waals surface area contributed by atoms with Crippen molar-refractivity contribution in [2.75, 3.05) is 20.3 Å². The molecule has 0 aromatic carbocycles. The topological polar surface area (TPSA) is 56.3 Å². The zero-order valence-corrected chi connectivity index (χ0v) is 13.3. The van der Waals surface area contributed by atoms with Gasteiger partial charge in [0, 0.05) is 25.6 Å². The maximum absolute atomic E-state index is 5.69. The molecule has 0 amide bonds. The van der Waals surface area contributed by atoms with E-state index in [1.165, 1.54) is 0 Å². The van der Waals surface area contributed by atoms with Gasteiger partial charge in [-0.2, -0.15) is 0 Å². The fraction of sp³-hybridized carbons (Fsp3) is 0.467. The second-order valence-corrected chi connectivity index (χ2v) is 5.47. The summed E-state index contributed by atoms with van der Waals surface area (Å²) < 4.78 is 10.7. The van der Waals surface area contributed by atoms with Gasteiger partial charge >= 0.3 is 0 Å². The van der Waals surface area contributed by atoms with Gasteiger partial charge in [0.1, 0.15) is 12.4 Å². The quantitative estimate of drug-likeness (QED) is 0.721. The van der Waals surface area contributed by atoms with Crippen LogP contribution in [0.15, 0.2) is 23.7 Å². The van der Waals surface area contributed by atoms with Crippen molar-refractivity contribution in [1.29, 1.82) is 0 Å². The summed E-state index contributed by atoms with van der Waals surface area (Å²) >= 11 is 1.67. The fourth-order valence-corrected chi connectivity index (χ4v) is 2.46. The van der Waals surface area contributed by atoms with Crippen molar-refractivity contribution in [3.8, 4) is 5.75 Å². The van der Waals surface area contributed by atoms with E-state index in [1.807, 2.05) is 17.5 Å². The van der Waals surface area contributed by atoms with Gasteiger partial charge in [-0.05, 0) is 18.6 Å². The number of rotatable bonds is 9. The van der Waals surface area contributed by atoms with Gasteiger partial charge in [-0.15, -0.1) is 11.3 Å². The van der Waals surface area contributed by atoms with Crippen LogP contribution in [0.25, 0.3) is 0 Å². The van der Waals surface area contributed by atoms with E-state index in [0.717, 1.165) is 41.7 Å². The van der Waals surface area contributed by atoms with Gasteiger partial charge < -0.3 is 14.8 Å². The third kappa shape index (κ3) is 5.41. The SMILES string of the molecule is CCc1nc(COc2ccc(CNCCOC)nc2)cs1. The summed E-state index contributed by atoms with van der Waals surface area (Å²) in [7, 11) is 1.69. The molecule has 6 heteroatoms. The molecular formula is C15H21N3O2S. The molecular weight excluding hydrogens is 286 g/mol. The van der Waals surface area contributed by atoms with Crippen LogP contribution in [0.4, 0.5) is 0 Å². The van der Waals surface area contributed by atoms with E-state index in [2.05, 4.69) is 22.2 Å². The first-order chi connectivity index (χ1) is 10.3. The largest absolute Gasteiger partial charge is 0.486 e. The molecule has 0 saturated heterocycles. The Bertz CT molecular complexity index is 528. The van der Waals surface area contributed by atoms with Crippen molar-refractivity contribution in [2.24, 2.45) is 0 Å². The Balaban J connectivity index is 1.76. The standard InChI is InChI=1S/C15H21N3O2S/c1-3-15-18-13(11-21-15)10-20-14-5-4-12(17-9-14)8-16-6-7-19-2/h4-5,9,11,16H,3,6-8,10H2,1-2H3. The van der Waals surface area contributed by atoms with Crippen molar-refractivity contribution >= 4 is 11.3 Å². The van der Waals surface area contributed by atoms with E-state index in [9.17, 15) is 0 Å². The van der Waals surface area contributed by atoms with Gasteiger partial charge in [-0.3, -0.25) is 4.98 Å². The number of hydrogen-bond donors (Lipinski definition) is 1. The number of ether oxygens (including phenoxy) is 2. The van der Waals surface area contributed by atoms with Crippen LogP contribution in [0.1, 0.15) is 23.3 Å². The molecule has 0 atom stereocenters. The Labute approximate surface area is 129 Å². The molecule has 2 rings (SSSR count). The second-order valence-electron chi connectivity index (χ2n) is 4.53. The number of methoxy groups -OCH3 is 1. The van der Waals surface area contributed by atoms with Crippen LogP contribution >= 0.6 is 11.3 Å². The van der Waals surface area contributed by atoms with E-state index in [4.69, 9.17) is 9.47 Å². The van der Waals surface area contributed by atoms with Crippen molar-refractivity contribution < 1.29 is 9.47 Å². The molecule has 0 unspecified atom stereocenters. The summed E-state index contributed by atoms with van der Waals surface area (Å²) in [5.74, 6) is 0.765. The Morgan fingerprint density at radius 1 is 1.29 bits per heavy atom. The summed E-state index contributed by atoms with van der Waals surface area (Å²) in [6.07, 6.45) is 2.72. The molecule has 2 heterocycles. The van der Waals surface area contributed by atoms with E-state index >= 15 is 0 Å². The minimum atomic E-state index is 0.490. The molecule has 114 valence electrons. The summed E-state index contributed by atoms with van der Waals surface area (Å²) in [6.45, 7) is 4.85. The summed E-state index contributed by atoms with van der Waals surface area (Å²) in [6, 6.07) is 3.90. The van der Waals surface area contributed by atoms with E-state index in [1.54, 1.807) is 24.6 Å². The maximum atomic E-state index is 5.69. The van der Waals surface area contributed by atoms with Crippen molar-refractivity contribution in [3.05, 3.63) is 40.1 Å². The molecule has 5 nitrogen and oxygen atoms in total. The molecule has 0 bridgehead atoms. The molecule has 0 aliphatic rings. The summed E-state index contributed by atoms with van der Waals surface area (Å²) in [5, 5.41) is 6.44. The van der Waals surface area contributed by atoms with Crippen LogP contribution in [0.5, 0.6) is 5.75 Å². The molecule has 2 aromatic heterocycles. The smallest absolute Gasteiger partial charge is 0.138 e. The number of pyridine rings is 1. The van der Waals surface area contributed by atoms with E-state index in [-0.39, 0.29) is 0 Å². The van der Waals surface area contributed by atoms with Crippen LogP contribution in [-0.2, 0) is 24.3 Å². The normalized spacial score (nSPS) is 10.8. The fourth-order valence-electron chi connectivity index (χ4n) is 1.73. The highest BCUT2D eigenvalue weighted by Gasteiger charge is 2.02. The number of nitrogens with zero attached hydrogens (tertiary/aromatic N) is 2. The Hall–Kier alpha value is -1.50. The molecule has 0 spiro atoms. The van der Waals surface area contributed by atoms with Gasteiger partial charge in [-0.1, -0.05) is 6.92 Å². The maximum Gasteiger partial charge on any atom is 0.138 e. The van der Waals surface area contributed by atoms with E-state index in [0.29, 0.717) is 13.2 Å². The van der Waals surface area contributed by atoms with Crippen LogP contribution in [0.2, 0.25) is 0 Å². The molecule has 0 fully saturated rings. The highest BCUT2D eigenvalue weighted by atomic mass is 32.1. The lowest BCUT2D eigenvalue weighted by molar-refractivity contribution is 0.199. The van der Waals surface area contributed by atoms with Gasteiger partial charge in [0.05, 0.1) is 29.2 Å². The highest BCUT2D eigenvalue weighted by molar-refractivity contribution is 7.09. The Morgan fingerprint density at radius 3 is 2.86 bits per heavy atom.